The summed E-state index contributed by atoms with van der Waals surface area (Å²) in [6, 6.07) is 6.01. The molecule has 5 heteroatoms. The fraction of sp³-hybridized carbons (Fsp3) is 0.438. The van der Waals surface area contributed by atoms with Gasteiger partial charge in [0.1, 0.15) is 0 Å². The Morgan fingerprint density at radius 2 is 1.90 bits per heavy atom. The fourth-order valence-electron chi connectivity index (χ4n) is 2.23. The van der Waals surface area contributed by atoms with Crippen molar-refractivity contribution in [2.45, 2.75) is 45.9 Å². The summed E-state index contributed by atoms with van der Waals surface area (Å²) in [6.45, 7) is 5.50. The van der Waals surface area contributed by atoms with Gasteiger partial charge in [0.15, 0.2) is 0 Å². The predicted molar refractivity (Wildman–Crippen MR) is 76.5 cm³/mol. The van der Waals surface area contributed by atoms with Gasteiger partial charge in [-0.25, -0.2) is 4.98 Å². The Labute approximate surface area is 121 Å². The average Bonchev–Trinajstić information content (AvgIpc) is 2.36. The summed E-state index contributed by atoms with van der Waals surface area (Å²) in [5.74, 6) is 0.00747. The maximum atomic E-state index is 13.3. The van der Waals surface area contributed by atoms with Gasteiger partial charge in [-0.2, -0.15) is 13.2 Å². The van der Waals surface area contributed by atoms with Gasteiger partial charge in [0, 0.05) is 11.5 Å². The summed E-state index contributed by atoms with van der Waals surface area (Å²) in [6.07, 6.45) is -3.02. The normalized spacial score (nSPS) is 12.1. The molecule has 0 spiro atoms. The largest absolute Gasteiger partial charge is 0.475 e. The number of nitrogens with zero attached hydrogens (tertiary/aromatic N) is 1. The molecule has 0 aliphatic heterocycles. The van der Waals surface area contributed by atoms with Crippen molar-refractivity contribution in [3.63, 3.8) is 0 Å². The summed E-state index contributed by atoms with van der Waals surface area (Å²) in [5.41, 5.74) is 0.497. The molecule has 2 aromatic rings. The third-order valence-corrected chi connectivity index (χ3v) is 3.05. The molecule has 2 nitrogen and oxygen atoms in total. The number of fused-ring (bicyclic) bond motifs is 1. The molecule has 0 amide bonds. The number of aromatic nitrogens is 1. The molecule has 0 radical (unpaired) electrons. The first-order valence-corrected chi connectivity index (χ1v) is 6.98. The van der Waals surface area contributed by atoms with E-state index in [4.69, 9.17) is 4.74 Å². The standard InChI is InChI=1S/C16H18F3NO/c1-4-5-11-6-7-14-12(8-11)13(16(17,18)19)9-15(20-14)21-10(2)3/h6-10H,4-5H2,1-3H3. The number of hydrogen-bond acceptors (Lipinski definition) is 2. The predicted octanol–water partition coefficient (Wildman–Crippen LogP) is 4.99. The minimum Gasteiger partial charge on any atom is -0.475 e. The molecule has 114 valence electrons. The molecule has 0 bridgehead atoms. The number of aryl methyl sites for hydroxylation is 1. The highest BCUT2D eigenvalue weighted by molar-refractivity contribution is 5.84. The first-order chi connectivity index (χ1) is 9.81. The van der Waals surface area contributed by atoms with E-state index in [0.717, 1.165) is 24.5 Å². The number of benzene rings is 1. The molecule has 0 N–H and O–H groups in total. The minimum atomic E-state index is -4.43. The second kappa shape index (κ2) is 5.92. The lowest BCUT2D eigenvalue weighted by molar-refractivity contribution is -0.136. The van der Waals surface area contributed by atoms with Crippen molar-refractivity contribution < 1.29 is 17.9 Å². The highest BCUT2D eigenvalue weighted by Gasteiger charge is 2.34. The van der Waals surface area contributed by atoms with Crippen LogP contribution in [0.2, 0.25) is 0 Å². The van der Waals surface area contributed by atoms with Crippen LogP contribution in [0, 0.1) is 0 Å². The summed E-state index contributed by atoms with van der Waals surface area (Å²) in [4.78, 5) is 4.17. The molecule has 0 aliphatic rings. The van der Waals surface area contributed by atoms with Crippen molar-refractivity contribution in [1.29, 1.82) is 0 Å². The van der Waals surface area contributed by atoms with Gasteiger partial charge < -0.3 is 4.74 Å². The number of ether oxygens (including phenoxy) is 1. The van der Waals surface area contributed by atoms with Crippen molar-refractivity contribution >= 4 is 10.9 Å². The molecule has 0 saturated carbocycles. The maximum Gasteiger partial charge on any atom is 0.417 e. The van der Waals surface area contributed by atoms with Crippen LogP contribution in [0.5, 0.6) is 5.88 Å². The topological polar surface area (TPSA) is 22.1 Å². The van der Waals surface area contributed by atoms with E-state index in [0.29, 0.717) is 5.52 Å². The zero-order chi connectivity index (χ0) is 15.6. The van der Waals surface area contributed by atoms with Crippen molar-refractivity contribution in [1.82, 2.24) is 4.98 Å². The van der Waals surface area contributed by atoms with Crippen LogP contribution in [-0.2, 0) is 12.6 Å². The smallest absolute Gasteiger partial charge is 0.417 e. The Morgan fingerprint density at radius 1 is 1.19 bits per heavy atom. The quantitative estimate of drug-likeness (QED) is 0.793. The third kappa shape index (κ3) is 3.65. The van der Waals surface area contributed by atoms with Crippen LogP contribution >= 0.6 is 0 Å². The van der Waals surface area contributed by atoms with E-state index < -0.39 is 11.7 Å². The van der Waals surface area contributed by atoms with Crippen LogP contribution in [-0.4, -0.2) is 11.1 Å². The van der Waals surface area contributed by atoms with Gasteiger partial charge in [0.25, 0.3) is 0 Å². The Kier molecular flexibility index (Phi) is 4.40. The Morgan fingerprint density at radius 3 is 2.48 bits per heavy atom. The SMILES string of the molecule is CCCc1ccc2nc(OC(C)C)cc(C(F)(F)F)c2c1. The molecule has 0 unspecified atom stereocenters. The lowest BCUT2D eigenvalue weighted by atomic mass is 10.0. The molecule has 1 heterocycles. The van der Waals surface area contributed by atoms with E-state index in [1.807, 2.05) is 13.0 Å². The van der Waals surface area contributed by atoms with Crippen LogP contribution in [0.15, 0.2) is 24.3 Å². The molecule has 2 rings (SSSR count). The van der Waals surface area contributed by atoms with E-state index in [1.54, 1.807) is 26.0 Å². The van der Waals surface area contributed by atoms with E-state index in [1.165, 1.54) is 0 Å². The van der Waals surface area contributed by atoms with Crippen molar-refractivity contribution in [3.8, 4) is 5.88 Å². The number of halogens is 3. The van der Waals surface area contributed by atoms with Crippen molar-refractivity contribution in [2.24, 2.45) is 0 Å². The monoisotopic (exact) mass is 297 g/mol. The Balaban J connectivity index is 2.63. The lowest BCUT2D eigenvalue weighted by Gasteiger charge is -2.15. The van der Waals surface area contributed by atoms with Gasteiger partial charge in [-0.05, 0) is 38.0 Å². The van der Waals surface area contributed by atoms with Gasteiger partial charge >= 0.3 is 6.18 Å². The van der Waals surface area contributed by atoms with Crippen molar-refractivity contribution in [3.05, 3.63) is 35.4 Å². The van der Waals surface area contributed by atoms with Gasteiger partial charge in [-0.1, -0.05) is 19.4 Å². The highest BCUT2D eigenvalue weighted by atomic mass is 19.4. The Bertz CT molecular complexity index is 635. The minimum absolute atomic E-state index is 0.00747. The summed E-state index contributed by atoms with van der Waals surface area (Å²) >= 11 is 0. The van der Waals surface area contributed by atoms with Crippen LogP contribution in [0.4, 0.5) is 13.2 Å². The van der Waals surface area contributed by atoms with Crippen molar-refractivity contribution in [2.75, 3.05) is 0 Å². The van der Waals surface area contributed by atoms with Gasteiger partial charge in [0.05, 0.1) is 17.2 Å². The number of alkyl halides is 3. The zero-order valence-electron chi connectivity index (χ0n) is 12.3. The summed E-state index contributed by atoms with van der Waals surface area (Å²) in [5, 5.41) is 0.129. The molecule has 0 fully saturated rings. The highest BCUT2D eigenvalue weighted by Crippen LogP contribution is 2.36. The van der Waals surface area contributed by atoms with Crippen LogP contribution in [0.25, 0.3) is 10.9 Å². The van der Waals surface area contributed by atoms with E-state index >= 15 is 0 Å². The fourth-order valence-corrected chi connectivity index (χ4v) is 2.23. The summed E-state index contributed by atoms with van der Waals surface area (Å²) < 4.78 is 45.1. The van der Waals surface area contributed by atoms with E-state index in [2.05, 4.69) is 4.98 Å². The third-order valence-electron chi connectivity index (χ3n) is 3.05. The van der Waals surface area contributed by atoms with Gasteiger partial charge in [-0.3, -0.25) is 0 Å². The summed E-state index contributed by atoms with van der Waals surface area (Å²) in [7, 11) is 0. The Hall–Kier alpha value is -1.78. The van der Waals surface area contributed by atoms with Crippen LogP contribution < -0.4 is 4.74 Å². The molecular formula is C16H18F3NO. The molecule has 21 heavy (non-hydrogen) atoms. The number of pyridine rings is 1. The molecule has 0 aliphatic carbocycles. The maximum absolute atomic E-state index is 13.3. The average molecular weight is 297 g/mol. The van der Waals surface area contributed by atoms with Gasteiger partial charge in [0.2, 0.25) is 5.88 Å². The molecular weight excluding hydrogens is 279 g/mol. The zero-order valence-corrected chi connectivity index (χ0v) is 12.3. The second-order valence-corrected chi connectivity index (χ2v) is 5.27. The second-order valence-electron chi connectivity index (χ2n) is 5.27. The van der Waals surface area contributed by atoms with Crippen LogP contribution in [0.1, 0.15) is 38.3 Å². The first kappa shape index (κ1) is 15.6. The van der Waals surface area contributed by atoms with E-state index in [9.17, 15) is 13.2 Å². The lowest BCUT2D eigenvalue weighted by Crippen LogP contribution is -2.11. The molecule has 1 aromatic carbocycles. The van der Waals surface area contributed by atoms with E-state index in [-0.39, 0.29) is 17.4 Å². The van der Waals surface area contributed by atoms with Crippen LogP contribution in [0.3, 0.4) is 0 Å². The molecule has 0 atom stereocenters. The molecule has 1 aromatic heterocycles. The first-order valence-electron chi connectivity index (χ1n) is 6.98. The number of hydrogen-bond donors (Lipinski definition) is 0. The molecule has 0 saturated heterocycles. The number of rotatable bonds is 4. The van der Waals surface area contributed by atoms with Gasteiger partial charge in [-0.15, -0.1) is 0 Å².